The Labute approximate surface area is 107 Å². The molecule has 1 atom stereocenters. The lowest BCUT2D eigenvalue weighted by molar-refractivity contribution is -0.213. The van der Waals surface area contributed by atoms with Crippen molar-refractivity contribution in [3.05, 3.63) is 34.9 Å². The molecule has 3 nitrogen and oxygen atoms in total. The number of aliphatic hydroxyl groups is 2. The second-order valence-electron chi connectivity index (χ2n) is 4.50. The third kappa shape index (κ3) is 5.50. The molecule has 96 valence electrons. The first-order chi connectivity index (χ1) is 7.92. The third-order valence-electron chi connectivity index (χ3n) is 2.35. The van der Waals surface area contributed by atoms with Gasteiger partial charge < -0.3 is 14.9 Å². The van der Waals surface area contributed by atoms with Crippen molar-refractivity contribution in [2.24, 2.45) is 0 Å². The van der Waals surface area contributed by atoms with E-state index in [1.807, 2.05) is 24.3 Å². The van der Waals surface area contributed by atoms with Crippen LogP contribution in [0.25, 0.3) is 0 Å². The minimum Gasteiger partial charge on any atom is -0.394 e. The van der Waals surface area contributed by atoms with Gasteiger partial charge in [-0.25, -0.2) is 0 Å². The lowest BCUT2D eigenvalue weighted by atomic mass is 10.1. The average molecular weight is 259 g/mol. The average Bonchev–Trinajstić information content (AvgIpc) is 2.24. The Morgan fingerprint density at radius 1 is 1.35 bits per heavy atom. The highest BCUT2D eigenvalue weighted by Crippen LogP contribution is 2.19. The fourth-order valence-corrected chi connectivity index (χ4v) is 1.84. The highest BCUT2D eigenvalue weighted by atomic mass is 35.5. The van der Waals surface area contributed by atoms with Gasteiger partial charge in [0.1, 0.15) is 0 Å². The minimum absolute atomic E-state index is 0.117. The minimum atomic E-state index is -1.23. The maximum atomic E-state index is 9.51. The molecule has 0 unspecified atom stereocenters. The molecule has 1 aromatic carbocycles. The van der Waals surface area contributed by atoms with Gasteiger partial charge in [-0.15, -0.1) is 0 Å². The van der Waals surface area contributed by atoms with Crippen LogP contribution in [0.3, 0.4) is 0 Å². The summed E-state index contributed by atoms with van der Waals surface area (Å²) in [6.07, 6.45) is 0.942. The smallest absolute Gasteiger partial charge is 0.160 e. The van der Waals surface area contributed by atoms with E-state index in [1.54, 1.807) is 13.8 Å². The summed E-state index contributed by atoms with van der Waals surface area (Å²) >= 11 is 6.03. The van der Waals surface area contributed by atoms with Crippen molar-refractivity contribution in [2.45, 2.75) is 38.6 Å². The van der Waals surface area contributed by atoms with E-state index in [2.05, 4.69) is 0 Å². The summed E-state index contributed by atoms with van der Waals surface area (Å²) < 4.78 is 5.31. The molecule has 17 heavy (non-hydrogen) atoms. The van der Waals surface area contributed by atoms with E-state index in [9.17, 15) is 5.11 Å². The predicted octanol–water partition coefficient (Wildman–Crippen LogP) is 2.38. The van der Waals surface area contributed by atoms with E-state index in [4.69, 9.17) is 21.4 Å². The molecule has 0 heterocycles. The number of aryl methyl sites for hydroxylation is 1. The maximum Gasteiger partial charge on any atom is 0.160 e. The van der Waals surface area contributed by atoms with Crippen LogP contribution < -0.4 is 0 Å². The van der Waals surface area contributed by atoms with Gasteiger partial charge in [0.2, 0.25) is 0 Å². The van der Waals surface area contributed by atoms with Crippen LogP contribution in [0.2, 0.25) is 5.02 Å². The number of rotatable bonds is 6. The van der Waals surface area contributed by atoms with E-state index < -0.39 is 5.79 Å². The Morgan fingerprint density at radius 3 is 2.53 bits per heavy atom. The molecule has 0 bridgehead atoms. The van der Waals surface area contributed by atoms with Crippen LogP contribution >= 0.6 is 11.6 Å². The summed E-state index contributed by atoms with van der Waals surface area (Å²) in [6.45, 7) is 2.98. The van der Waals surface area contributed by atoms with Crippen molar-refractivity contribution in [3.8, 4) is 0 Å². The molecule has 0 aliphatic carbocycles. The van der Waals surface area contributed by atoms with E-state index in [-0.39, 0.29) is 12.7 Å². The maximum absolute atomic E-state index is 9.51. The molecule has 0 fully saturated rings. The molecular formula is C13H19ClO3. The monoisotopic (exact) mass is 258 g/mol. The van der Waals surface area contributed by atoms with Gasteiger partial charge in [-0.2, -0.15) is 0 Å². The van der Waals surface area contributed by atoms with Gasteiger partial charge in [0.25, 0.3) is 0 Å². The molecule has 1 aromatic rings. The molecule has 0 aliphatic heterocycles. The van der Waals surface area contributed by atoms with Crippen molar-refractivity contribution in [3.63, 3.8) is 0 Å². The van der Waals surface area contributed by atoms with Crippen molar-refractivity contribution in [1.29, 1.82) is 0 Å². The second kappa shape index (κ2) is 6.36. The first kappa shape index (κ1) is 14.5. The van der Waals surface area contributed by atoms with E-state index >= 15 is 0 Å². The van der Waals surface area contributed by atoms with Crippen LogP contribution in [0, 0.1) is 0 Å². The van der Waals surface area contributed by atoms with Gasteiger partial charge in [0.05, 0.1) is 12.7 Å². The van der Waals surface area contributed by atoms with E-state index in [0.717, 1.165) is 5.56 Å². The Morgan fingerprint density at radius 2 is 2.00 bits per heavy atom. The molecule has 4 heteroatoms. The lowest BCUT2D eigenvalue weighted by Crippen LogP contribution is -2.32. The number of benzene rings is 1. The van der Waals surface area contributed by atoms with Crippen LogP contribution in [0.5, 0.6) is 0 Å². The Bertz CT molecular complexity index is 347. The Hall–Kier alpha value is -0.610. The number of halogens is 1. The fraction of sp³-hybridized carbons (Fsp3) is 0.538. The first-order valence-electron chi connectivity index (χ1n) is 5.67. The molecule has 0 saturated carbocycles. The van der Waals surface area contributed by atoms with Crippen LogP contribution in [0.1, 0.15) is 25.8 Å². The summed E-state index contributed by atoms with van der Waals surface area (Å²) in [5, 5.41) is 19.4. The van der Waals surface area contributed by atoms with Gasteiger partial charge in [-0.3, -0.25) is 0 Å². The lowest BCUT2D eigenvalue weighted by Gasteiger charge is -2.25. The van der Waals surface area contributed by atoms with Crippen LogP contribution in [0.15, 0.2) is 24.3 Å². The SMILES string of the molecule is CC(C)(O)O[C@H](CO)CCc1ccccc1Cl. The summed E-state index contributed by atoms with van der Waals surface area (Å²) in [5.41, 5.74) is 1.02. The zero-order valence-electron chi connectivity index (χ0n) is 10.2. The van der Waals surface area contributed by atoms with Crippen molar-refractivity contribution in [2.75, 3.05) is 6.61 Å². The number of hydrogen-bond donors (Lipinski definition) is 2. The normalized spacial score (nSPS) is 13.7. The zero-order chi connectivity index (χ0) is 12.9. The number of hydrogen-bond acceptors (Lipinski definition) is 3. The topological polar surface area (TPSA) is 49.7 Å². The van der Waals surface area contributed by atoms with Crippen molar-refractivity contribution < 1.29 is 14.9 Å². The first-order valence-corrected chi connectivity index (χ1v) is 6.04. The highest BCUT2D eigenvalue weighted by Gasteiger charge is 2.19. The molecule has 0 aliphatic rings. The Balaban J connectivity index is 2.51. The quantitative estimate of drug-likeness (QED) is 0.771. The summed E-state index contributed by atoms with van der Waals surface area (Å²) in [4.78, 5) is 0. The molecule has 0 spiro atoms. The fourth-order valence-electron chi connectivity index (χ4n) is 1.61. The van der Waals surface area contributed by atoms with Gasteiger partial charge in [-0.05, 0) is 38.3 Å². The van der Waals surface area contributed by atoms with Gasteiger partial charge >= 0.3 is 0 Å². The summed E-state index contributed by atoms with van der Waals surface area (Å²) in [5.74, 6) is -1.23. The van der Waals surface area contributed by atoms with E-state index in [1.165, 1.54) is 0 Å². The standard InChI is InChI=1S/C13H19ClO3/c1-13(2,16)17-11(9-15)8-7-10-5-3-4-6-12(10)14/h3-6,11,15-16H,7-9H2,1-2H3/t11-/m0/s1. The van der Waals surface area contributed by atoms with Gasteiger partial charge in [0, 0.05) is 5.02 Å². The number of aliphatic hydroxyl groups excluding tert-OH is 1. The molecule has 0 saturated heterocycles. The molecule has 2 N–H and O–H groups in total. The molecule has 0 radical (unpaired) electrons. The second-order valence-corrected chi connectivity index (χ2v) is 4.91. The zero-order valence-corrected chi connectivity index (χ0v) is 10.9. The van der Waals surface area contributed by atoms with Crippen LogP contribution in [-0.2, 0) is 11.2 Å². The summed E-state index contributed by atoms with van der Waals surface area (Å²) in [7, 11) is 0. The van der Waals surface area contributed by atoms with Gasteiger partial charge in [-0.1, -0.05) is 29.8 Å². The predicted molar refractivity (Wildman–Crippen MR) is 68.0 cm³/mol. The molecule has 0 aromatic heterocycles. The largest absolute Gasteiger partial charge is 0.394 e. The third-order valence-corrected chi connectivity index (χ3v) is 2.72. The molecule has 0 amide bonds. The van der Waals surface area contributed by atoms with Crippen LogP contribution in [-0.4, -0.2) is 28.7 Å². The Kier molecular flexibility index (Phi) is 5.40. The van der Waals surface area contributed by atoms with Crippen molar-refractivity contribution >= 4 is 11.6 Å². The highest BCUT2D eigenvalue weighted by molar-refractivity contribution is 6.31. The molecular weight excluding hydrogens is 240 g/mol. The van der Waals surface area contributed by atoms with Gasteiger partial charge in [0.15, 0.2) is 5.79 Å². The van der Waals surface area contributed by atoms with E-state index in [0.29, 0.717) is 17.9 Å². The van der Waals surface area contributed by atoms with Crippen LogP contribution in [0.4, 0.5) is 0 Å². The molecule has 1 rings (SSSR count). The number of ether oxygens (including phenoxy) is 1. The summed E-state index contributed by atoms with van der Waals surface area (Å²) in [6, 6.07) is 7.58. The van der Waals surface area contributed by atoms with Crippen molar-refractivity contribution in [1.82, 2.24) is 0 Å².